The van der Waals surface area contributed by atoms with E-state index >= 15 is 0 Å². The predicted octanol–water partition coefficient (Wildman–Crippen LogP) is 3.36. The minimum Gasteiger partial charge on any atom is -0.384 e. The second-order valence-electron chi connectivity index (χ2n) is 5.30. The molecule has 102 valence electrons. The summed E-state index contributed by atoms with van der Waals surface area (Å²) in [5, 5.41) is 12.8. The zero-order chi connectivity index (χ0) is 13.7. The zero-order valence-electron chi connectivity index (χ0n) is 11.3. The number of nitrogens with zero attached hydrogens (tertiary/aromatic N) is 2. The standard InChI is InChI=1S/C15H20ClN3/c1-12(11-19-6-2-3-7-19)10-18-15-5-4-13(9-17)8-14(15)16/h4-5,8,12,18H,2-3,6-7,10-11H2,1H3. The van der Waals surface area contributed by atoms with E-state index in [0.717, 1.165) is 18.8 Å². The van der Waals surface area contributed by atoms with E-state index in [9.17, 15) is 0 Å². The smallest absolute Gasteiger partial charge is 0.0992 e. The van der Waals surface area contributed by atoms with Gasteiger partial charge in [0.1, 0.15) is 0 Å². The quantitative estimate of drug-likeness (QED) is 0.897. The Kier molecular flexibility index (Phi) is 5.07. The number of halogens is 1. The van der Waals surface area contributed by atoms with Gasteiger partial charge in [-0.2, -0.15) is 5.26 Å². The van der Waals surface area contributed by atoms with Gasteiger partial charge in [0.05, 0.1) is 22.3 Å². The van der Waals surface area contributed by atoms with Crippen LogP contribution in [0.5, 0.6) is 0 Å². The van der Waals surface area contributed by atoms with Crippen molar-refractivity contribution in [3.05, 3.63) is 28.8 Å². The van der Waals surface area contributed by atoms with Crippen molar-refractivity contribution in [2.24, 2.45) is 5.92 Å². The van der Waals surface area contributed by atoms with Crippen LogP contribution in [0.4, 0.5) is 5.69 Å². The van der Waals surface area contributed by atoms with E-state index in [1.807, 2.05) is 6.07 Å². The normalized spacial score (nSPS) is 17.1. The monoisotopic (exact) mass is 277 g/mol. The number of nitriles is 1. The summed E-state index contributed by atoms with van der Waals surface area (Å²) >= 11 is 6.14. The number of benzene rings is 1. The summed E-state index contributed by atoms with van der Waals surface area (Å²) in [5.74, 6) is 0.588. The highest BCUT2D eigenvalue weighted by atomic mass is 35.5. The van der Waals surface area contributed by atoms with Gasteiger partial charge in [0, 0.05) is 13.1 Å². The third-order valence-corrected chi connectivity index (χ3v) is 3.82. The van der Waals surface area contributed by atoms with E-state index in [0.29, 0.717) is 16.5 Å². The van der Waals surface area contributed by atoms with Crippen LogP contribution in [0, 0.1) is 17.2 Å². The highest BCUT2D eigenvalue weighted by Crippen LogP contribution is 2.23. The van der Waals surface area contributed by atoms with E-state index < -0.39 is 0 Å². The lowest BCUT2D eigenvalue weighted by molar-refractivity contribution is 0.294. The van der Waals surface area contributed by atoms with Crippen LogP contribution < -0.4 is 5.32 Å². The SMILES string of the molecule is CC(CNc1ccc(C#N)cc1Cl)CN1CCCC1. The summed E-state index contributed by atoms with van der Waals surface area (Å²) in [4.78, 5) is 2.52. The summed E-state index contributed by atoms with van der Waals surface area (Å²) in [6.07, 6.45) is 2.67. The van der Waals surface area contributed by atoms with Gasteiger partial charge in [-0.25, -0.2) is 0 Å². The molecule has 4 heteroatoms. The topological polar surface area (TPSA) is 39.1 Å². The third-order valence-electron chi connectivity index (χ3n) is 3.51. The molecule has 1 aromatic rings. The van der Waals surface area contributed by atoms with Crippen LogP contribution in [0.1, 0.15) is 25.3 Å². The molecule has 1 fully saturated rings. The van der Waals surface area contributed by atoms with Gasteiger partial charge in [0.2, 0.25) is 0 Å². The lowest BCUT2D eigenvalue weighted by Crippen LogP contribution is -2.28. The van der Waals surface area contributed by atoms with Crippen molar-refractivity contribution >= 4 is 17.3 Å². The van der Waals surface area contributed by atoms with Crippen LogP contribution in [0.3, 0.4) is 0 Å². The minimum absolute atomic E-state index is 0.588. The lowest BCUT2D eigenvalue weighted by Gasteiger charge is -2.21. The fraction of sp³-hybridized carbons (Fsp3) is 0.533. The van der Waals surface area contributed by atoms with E-state index in [1.165, 1.54) is 25.9 Å². The molecule has 1 N–H and O–H groups in total. The highest BCUT2D eigenvalue weighted by molar-refractivity contribution is 6.33. The summed E-state index contributed by atoms with van der Waals surface area (Å²) in [6.45, 7) is 6.77. The van der Waals surface area contributed by atoms with Crippen molar-refractivity contribution < 1.29 is 0 Å². The largest absolute Gasteiger partial charge is 0.384 e. The van der Waals surface area contributed by atoms with E-state index in [2.05, 4.69) is 23.2 Å². The van der Waals surface area contributed by atoms with Gasteiger partial charge in [-0.05, 0) is 50.0 Å². The lowest BCUT2D eigenvalue weighted by atomic mass is 10.1. The van der Waals surface area contributed by atoms with Crippen molar-refractivity contribution in [2.75, 3.05) is 31.5 Å². The molecule has 0 spiro atoms. The van der Waals surface area contributed by atoms with E-state index in [1.54, 1.807) is 12.1 Å². The summed E-state index contributed by atoms with van der Waals surface area (Å²) in [5.41, 5.74) is 1.51. The van der Waals surface area contributed by atoms with Crippen molar-refractivity contribution in [1.29, 1.82) is 5.26 Å². The maximum Gasteiger partial charge on any atom is 0.0992 e. The van der Waals surface area contributed by atoms with E-state index in [4.69, 9.17) is 16.9 Å². The molecular formula is C15H20ClN3. The number of hydrogen-bond donors (Lipinski definition) is 1. The van der Waals surface area contributed by atoms with Gasteiger partial charge in [-0.15, -0.1) is 0 Å². The first-order valence-electron chi connectivity index (χ1n) is 6.85. The Hall–Kier alpha value is -1.24. The van der Waals surface area contributed by atoms with Gasteiger partial charge < -0.3 is 10.2 Å². The van der Waals surface area contributed by atoms with Crippen LogP contribution in [-0.2, 0) is 0 Å². The Morgan fingerprint density at radius 3 is 2.79 bits per heavy atom. The Morgan fingerprint density at radius 1 is 1.42 bits per heavy atom. The molecule has 19 heavy (non-hydrogen) atoms. The number of likely N-dealkylation sites (tertiary alicyclic amines) is 1. The Labute approximate surface area is 120 Å². The van der Waals surface area contributed by atoms with Crippen LogP contribution in [0.15, 0.2) is 18.2 Å². The van der Waals surface area contributed by atoms with E-state index in [-0.39, 0.29) is 0 Å². The Morgan fingerprint density at radius 2 is 2.16 bits per heavy atom. The molecule has 2 rings (SSSR count). The molecule has 1 aliphatic heterocycles. The number of rotatable bonds is 5. The number of anilines is 1. The van der Waals surface area contributed by atoms with Crippen LogP contribution >= 0.6 is 11.6 Å². The molecule has 3 nitrogen and oxygen atoms in total. The molecule has 1 aliphatic rings. The van der Waals surface area contributed by atoms with Gasteiger partial charge in [0.25, 0.3) is 0 Å². The minimum atomic E-state index is 0.588. The van der Waals surface area contributed by atoms with Gasteiger partial charge in [0.15, 0.2) is 0 Å². The van der Waals surface area contributed by atoms with Crippen molar-refractivity contribution in [3.8, 4) is 6.07 Å². The Bertz CT molecular complexity index is 461. The summed E-state index contributed by atoms with van der Waals surface area (Å²) in [7, 11) is 0. The third kappa shape index (κ3) is 4.12. The highest BCUT2D eigenvalue weighted by Gasteiger charge is 2.14. The molecule has 0 aromatic heterocycles. The van der Waals surface area contributed by atoms with Gasteiger partial charge in [-0.1, -0.05) is 18.5 Å². The van der Waals surface area contributed by atoms with Crippen LogP contribution in [0.2, 0.25) is 5.02 Å². The second kappa shape index (κ2) is 6.79. The number of hydrogen-bond acceptors (Lipinski definition) is 3. The maximum atomic E-state index is 8.80. The molecule has 1 unspecified atom stereocenters. The Balaban J connectivity index is 1.82. The molecule has 0 amide bonds. The first kappa shape index (κ1) is 14.2. The molecule has 1 heterocycles. The molecule has 1 atom stereocenters. The van der Waals surface area contributed by atoms with Gasteiger partial charge >= 0.3 is 0 Å². The zero-order valence-corrected chi connectivity index (χ0v) is 12.1. The fourth-order valence-corrected chi connectivity index (χ4v) is 2.73. The molecule has 1 saturated heterocycles. The first-order valence-corrected chi connectivity index (χ1v) is 7.22. The summed E-state index contributed by atoms with van der Waals surface area (Å²) in [6, 6.07) is 7.46. The van der Waals surface area contributed by atoms with Gasteiger partial charge in [-0.3, -0.25) is 0 Å². The average Bonchev–Trinajstić information content (AvgIpc) is 2.90. The number of nitrogens with one attached hydrogen (secondary N) is 1. The molecular weight excluding hydrogens is 258 g/mol. The second-order valence-corrected chi connectivity index (χ2v) is 5.71. The molecule has 0 radical (unpaired) electrons. The molecule has 0 bridgehead atoms. The predicted molar refractivity (Wildman–Crippen MR) is 79.5 cm³/mol. The molecule has 1 aromatic carbocycles. The summed E-state index contributed by atoms with van der Waals surface area (Å²) < 4.78 is 0. The van der Waals surface area contributed by atoms with Crippen molar-refractivity contribution in [3.63, 3.8) is 0 Å². The fourth-order valence-electron chi connectivity index (χ4n) is 2.48. The van der Waals surface area contributed by atoms with Crippen LogP contribution in [0.25, 0.3) is 0 Å². The first-order chi connectivity index (χ1) is 9.19. The molecule has 0 aliphatic carbocycles. The van der Waals surface area contributed by atoms with Crippen molar-refractivity contribution in [1.82, 2.24) is 4.90 Å². The maximum absolute atomic E-state index is 8.80. The average molecular weight is 278 g/mol. The van der Waals surface area contributed by atoms with Crippen LogP contribution in [-0.4, -0.2) is 31.1 Å². The molecule has 0 saturated carbocycles. The van der Waals surface area contributed by atoms with Crippen molar-refractivity contribution in [2.45, 2.75) is 19.8 Å².